The zero-order valence-electron chi connectivity index (χ0n) is 8.76. The van der Waals surface area contributed by atoms with Crippen molar-refractivity contribution in [1.29, 1.82) is 0 Å². The number of fused-ring (bicyclic) bond motifs is 2. The minimum Gasteiger partial charge on any atom is -0.550 e. The van der Waals surface area contributed by atoms with E-state index < -0.39 is 29.9 Å². The molecule has 2 aliphatic heterocycles. The van der Waals surface area contributed by atoms with Crippen LogP contribution in [0.1, 0.15) is 12.8 Å². The Balaban J connectivity index is 0.000000980. The van der Waals surface area contributed by atoms with E-state index in [-0.39, 0.29) is 71.6 Å². The van der Waals surface area contributed by atoms with Gasteiger partial charge >= 0.3 is 59.1 Å². The number of rotatable bonds is 2. The van der Waals surface area contributed by atoms with Crippen LogP contribution >= 0.6 is 0 Å². The minimum absolute atomic E-state index is 0. The Hall–Kier alpha value is 0.900. The molecule has 3 aliphatic rings. The SMILES string of the molecule is O=C([O-])C1CC2CC(O2)C1C(=O)[O-].[Na+].[Na+]. The summed E-state index contributed by atoms with van der Waals surface area (Å²) in [5.74, 6) is -4.64. The van der Waals surface area contributed by atoms with Crippen molar-refractivity contribution >= 4 is 11.9 Å². The number of hydrogen-bond donors (Lipinski definition) is 0. The van der Waals surface area contributed by atoms with Crippen LogP contribution in [0.25, 0.3) is 0 Å². The Labute approximate surface area is 131 Å². The summed E-state index contributed by atoms with van der Waals surface area (Å²) in [6, 6.07) is 0. The topological polar surface area (TPSA) is 89.5 Å². The van der Waals surface area contributed by atoms with Gasteiger partial charge in [0.05, 0.1) is 12.2 Å². The molecule has 0 amide bonds. The third-order valence-corrected chi connectivity index (χ3v) is 2.79. The van der Waals surface area contributed by atoms with Crippen LogP contribution in [0.15, 0.2) is 0 Å². The smallest absolute Gasteiger partial charge is 0.550 e. The number of carboxylic acids is 2. The standard InChI is InChI=1S/C8H10O5.2Na/c9-7(10)4-1-3-2-5(13-3)6(4)8(11)12;;/h3-6H,1-2H2,(H,9,10)(H,11,12);;/q;2*+1/p-2. The zero-order valence-corrected chi connectivity index (χ0v) is 12.8. The molecule has 2 bridgehead atoms. The van der Waals surface area contributed by atoms with Crippen LogP contribution in [-0.2, 0) is 14.3 Å². The molecule has 0 aromatic rings. The molecule has 3 fully saturated rings. The number of ether oxygens (including phenoxy) is 1. The summed E-state index contributed by atoms with van der Waals surface area (Å²) in [5.41, 5.74) is 0. The Morgan fingerprint density at radius 3 is 1.93 bits per heavy atom. The van der Waals surface area contributed by atoms with Crippen molar-refractivity contribution in [2.45, 2.75) is 25.0 Å². The van der Waals surface area contributed by atoms with E-state index in [1.54, 1.807) is 0 Å². The molecule has 2 heterocycles. The van der Waals surface area contributed by atoms with Crippen LogP contribution < -0.4 is 69.3 Å². The van der Waals surface area contributed by atoms with E-state index in [0.29, 0.717) is 6.42 Å². The summed E-state index contributed by atoms with van der Waals surface area (Å²) >= 11 is 0. The van der Waals surface area contributed by atoms with E-state index in [0.717, 1.165) is 0 Å². The molecule has 15 heavy (non-hydrogen) atoms. The first-order valence-electron chi connectivity index (χ1n) is 4.16. The summed E-state index contributed by atoms with van der Waals surface area (Å²) in [7, 11) is 0. The maximum atomic E-state index is 10.6. The molecule has 0 radical (unpaired) electrons. The summed E-state index contributed by atoms with van der Waals surface area (Å²) in [6.45, 7) is 0. The van der Waals surface area contributed by atoms with Crippen LogP contribution in [0.5, 0.6) is 0 Å². The number of hydrogen-bond acceptors (Lipinski definition) is 5. The van der Waals surface area contributed by atoms with E-state index in [9.17, 15) is 19.8 Å². The van der Waals surface area contributed by atoms with E-state index >= 15 is 0 Å². The normalized spacial score (nSPS) is 36.5. The maximum Gasteiger partial charge on any atom is 1.00 e. The average Bonchev–Trinajstić information content (AvgIpc) is 2.01. The van der Waals surface area contributed by atoms with Crippen molar-refractivity contribution in [3.63, 3.8) is 0 Å². The van der Waals surface area contributed by atoms with Crippen LogP contribution in [0, 0.1) is 11.8 Å². The second kappa shape index (κ2) is 6.00. The fourth-order valence-corrected chi connectivity index (χ4v) is 2.13. The Morgan fingerprint density at radius 2 is 1.60 bits per heavy atom. The van der Waals surface area contributed by atoms with Crippen molar-refractivity contribution < 1.29 is 83.7 Å². The molecule has 1 saturated carbocycles. The van der Waals surface area contributed by atoms with E-state index in [1.165, 1.54) is 0 Å². The van der Waals surface area contributed by atoms with E-state index in [2.05, 4.69) is 0 Å². The fraction of sp³-hybridized carbons (Fsp3) is 0.750. The van der Waals surface area contributed by atoms with Gasteiger partial charge in [-0.3, -0.25) is 0 Å². The largest absolute Gasteiger partial charge is 1.00 e. The predicted molar refractivity (Wildman–Crippen MR) is 34.9 cm³/mol. The first-order valence-corrected chi connectivity index (χ1v) is 4.16. The minimum atomic E-state index is -1.35. The van der Waals surface area contributed by atoms with Gasteiger partial charge in [0.2, 0.25) is 0 Å². The van der Waals surface area contributed by atoms with Gasteiger partial charge in [-0.1, -0.05) is 0 Å². The second-order valence-corrected chi connectivity index (χ2v) is 3.54. The third-order valence-electron chi connectivity index (χ3n) is 2.79. The van der Waals surface area contributed by atoms with Gasteiger partial charge in [-0.15, -0.1) is 0 Å². The van der Waals surface area contributed by atoms with Gasteiger partial charge in [-0.05, 0) is 6.42 Å². The predicted octanol–water partition coefficient (Wildman–Crippen LogP) is -8.71. The summed E-state index contributed by atoms with van der Waals surface area (Å²) in [4.78, 5) is 21.2. The molecule has 0 N–H and O–H groups in total. The molecular weight excluding hydrogens is 222 g/mol. The molecule has 0 aromatic carbocycles. The summed E-state index contributed by atoms with van der Waals surface area (Å²) in [6.07, 6.45) is 0.287. The molecule has 4 atom stereocenters. The second-order valence-electron chi connectivity index (χ2n) is 3.54. The quantitative estimate of drug-likeness (QED) is 0.439. The van der Waals surface area contributed by atoms with Crippen molar-refractivity contribution in [3.05, 3.63) is 0 Å². The van der Waals surface area contributed by atoms with Gasteiger partial charge in [0.1, 0.15) is 0 Å². The maximum absolute atomic E-state index is 10.6. The first-order chi connectivity index (χ1) is 6.09. The molecule has 0 spiro atoms. The van der Waals surface area contributed by atoms with Crippen LogP contribution in [0.3, 0.4) is 0 Å². The first kappa shape index (κ1) is 15.9. The molecular formula is C8H8Na2O5. The zero-order chi connectivity index (χ0) is 9.59. The van der Waals surface area contributed by atoms with Crippen LogP contribution in [0.2, 0.25) is 0 Å². The fourth-order valence-electron chi connectivity index (χ4n) is 2.13. The monoisotopic (exact) mass is 230 g/mol. The molecule has 0 aromatic heterocycles. The number of carbonyl (C=O) groups is 2. The molecule has 2 saturated heterocycles. The van der Waals surface area contributed by atoms with Crippen molar-refractivity contribution in [2.24, 2.45) is 11.8 Å². The molecule has 5 nitrogen and oxygen atoms in total. The molecule has 1 aliphatic carbocycles. The van der Waals surface area contributed by atoms with Crippen LogP contribution in [0.4, 0.5) is 0 Å². The van der Waals surface area contributed by atoms with E-state index in [1.807, 2.05) is 0 Å². The summed E-state index contributed by atoms with van der Waals surface area (Å²) in [5, 5.41) is 21.2. The van der Waals surface area contributed by atoms with Gasteiger partial charge in [0, 0.05) is 30.2 Å². The van der Waals surface area contributed by atoms with Crippen molar-refractivity contribution in [2.75, 3.05) is 0 Å². The van der Waals surface area contributed by atoms with Gasteiger partial charge < -0.3 is 24.5 Å². The van der Waals surface area contributed by atoms with Gasteiger partial charge in [0.15, 0.2) is 0 Å². The average molecular weight is 230 g/mol. The Bertz CT molecular complexity index is 264. The Morgan fingerprint density at radius 1 is 1.07 bits per heavy atom. The molecule has 72 valence electrons. The van der Waals surface area contributed by atoms with Crippen molar-refractivity contribution in [3.8, 4) is 0 Å². The summed E-state index contributed by atoms with van der Waals surface area (Å²) < 4.78 is 5.12. The van der Waals surface area contributed by atoms with Crippen molar-refractivity contribution in [1.82, 2.24) is 0 Å². The Kier molecular flexibility index (Phi) is 6.36. The molecule has 7 heteroatoms. The van der Waals surface area contributed by atoms with Gasteiger partial charge in [0.25, 0.3) is 0 Å². The number of carboxylic acid groups (broad SMARTS) is 2. The number of aliphatic carboxylic acids is 2. The third kappa shape index (κ3) is 2.97. The molecule has 3 rings (SSSR count). The van der Waals surface area contributed by atoms with Gasteiger partial charge in [-0.2, -0.15) is 0 Å². The van der Waals surface area contributed by atoms with Crippen LogP contribution in [-0.4, -0.2) is 24.1 Å². The van der Waals surface area contributed by atoms with Gasteiger partial charge in [-0.25, -0.2) is 0 Å². The molecule has 4 unspecified atom stereocenters. The number of carbonyl (C=O) groups excluding carboxylic acids is 2. The van der Waals surface area contributed by atoms with E-state index in [4.69, 9.17) is 4.74 Å².